The largest absolute Gasteiger partial charge is 0.285 e. The molecule has 0 aliphatic rings. The first-order valence-corrected chi connectivity index (χ1v) is 6.68. The molecule has 0 aliphatic carbocycles. The highest BCUT2D eigenvalue weighted by molar-refractivity contribution is 5.99. The van der Waals surface area contributed by atoms with Crippen molar-refractivity contribution in [1.82, 2.24) is 9.78 Å². The summed E-state index contributed by atoms with van der Waals surface area (Å²) >= 11 is 0. The van der Waals surface area contributed by atoms with Gasteiger partial charge in [-0.15, -0.1) is 0 Å². The maximum Gasteiger partial charge on any atom is 0.285 e. The normalized spacial score (nSPS) is 10.9. The van der Waals surface area contributed by atoms with Gasteiger partial charge in [0.15, 0.2) is 0 Å². The third-order valence-corrected chi connectivity index (χ3v) is 3.45. The summed E-state index contributed by atoms with van der Waals surface area (Å²) in [6, 6.07) is 5.92. The summed E-state index contributed by atoms with van der Waals surface area (Å²) in [5, 5.41) is 15.3. The van der Waals surface area contributed by atoms with Crippen LogP contribution in [0.1, 0.15) is 47.1 Å². The lowest BCUT2D eigenvalue weighted by Crippen LogP contribution is -2.17. The number of aromatic nitrogens is 2. The molecule has 0 spiro atoms. The molecule has 2 rings (SSSR count). The van der Waals surface area contributed by atoms with Crippen LogP contribution < -0.4 is 0 Å². The summed E-state index contributed by atoms with van der Waals surface area (Å²) < 4.78 is 1.26. The van der Waals surface area contributed by atoms with E-state index in [1.165, 1.54) is 22.9 Å². The molecule has 1 aromatic heterocycles. The molecule has 0 radical (unpaired) electrons. The van der Waals surface area contributed by atoms with Crippen LogP contribution in [-0.4, -0.2) is 20.6 Å². The highest BCUT2D eigenvalue weighted by Crippen LogP contribution is 2.25. The fourth-order valence-electron chi connectivity index (χ4n) is 2.62. The van der Waals surface area contributed by atoms with Gasteiger partial charge in [-0.2, -0.15) is 5.10 Å². The van der Waals surface area contributed by atoms with Gasteiger partial charge >= 0.3 is 0 Å². The second-order valence-electron chi connectivity index (χ2n) is 5.23. The highest BCUT2D eigenvalue weighted by atomic mass is 16.6. The van der Waals surface area contributed by atoms with Gasteiger partial charge in [-0.25, -0.2) is 4.68 Å². The summed E-state index contributed by atoms with van der Waals surface area (Å²) in [7, 11) is 0. The van der Waals surface area contributed by atoms with Gasteiger partial charge in [-0.1, -0.05) is 26.0 Å². The summed E-state index contributed by atoms with van der Waals surface area (Å²) in [4.78, 5) is 23.1. The van der Waals surface area contributed by atoms with Crippen LogP contribution in [0.3, 0.4) is 0 Å². The second kappa shape index (κ2) is 5.47. The number of rotatable bonds is 3. The maximum atomic E-state index is 12.6. The fourth-order valence-corrected chi connectivity index (χ4v) is 2.62. The zero-order valence-electron chi connectivity index (χ0n) is 12.5. The molecule has 0 bridgehead atoms. The van der Waals surface area contributed by atoms with Crippen LogP contribution in [-0.2, 0) is 0 Å². The quantitative estimate of drug-likeness (QED) is 0.641. The number of nitrogens with zero attached hydrogens (tertiary/aromatic N) is 3. The van der Waals surface area contributed by atoms with Crippen molar-refractivity contribution in [2.75, 3.05) is 0 Å². The van der Waals surface area contributed by atoms with Crippen molar-refractivity contribution in [2.24, 2.45) is 0 Å². The zero-order valence-corrected chi connectivity index (χ0v) is 12.5. The Labute approximate surface area is 122 Å². The van der Waals surface area contributed by atoms with Crippen molar-refractivity contribution in [2.45, 2.75) is 33.6 Å². The van der Waals surface area contributed by atoms with Crippen molar-refractivity contribution in [1.29, 1.82) is 0 Å². The summed E-state index contributed by atoms with van der Waals surface area (Å²) in [6.45, 7) is 7.70. The molecule has 0 atom stereocenters. The van der Waals surface area contributed by atoms with Crippen LogP contribution in [0.2, 0.25) is 0 Å². The Morgan fingerprint density at radius 3 is 2.43 bits per heavy atom. The van der Waals surface area contributed by atoms with Crippen molar-refractivity contribution in [3.63, 3.8) is 0 Å². The van der Waals surface area contributed by atoms with Crippen molar-refractivity contribution in [3.05, 3.63) is 56.9 Å². The molecular formula is C15H17N3O3. The minimum absolute atomic E-state index is 0.0448. The molecule has 0 amide bonds. The molecule has 110 valence electrons. The Hall–Kier alpha value is -2.50. The lowest BCUT2D eigenvalue weighted by molar-refractivity contribution is -0.385. The molecule has 6 nitrogen and oxygen atoms in total. The summed E-state index contributed by atoms with van der Waals surface area (Å²) in [5.74, 6) is -0.243. The molecule has 0 saturated heterocycles. The van der Waals surface area contributed by atoms with E-state index in [2.05, 4.69) is 5.10 Å². The van der Waals surface area contributed by atoms with E-state index in [-0.39, 0.29) is 17.2 Å². The van der Waals surface area contributed by atoms with Crippen LogP contribution in [0.5, 0.6) is 0 Å². The lowest BCUT2D eigenvalue weighted by atomic mass is 10.0. The van der Waals surface area contributed by atoms with Crippen molar-refractivity contribution in [3.8, 4) is 0 Å². The Morgan fingerprint density at radius 2 is 1.90 bits per heavy atom. The molecule has 0 unspecified atom stereocenters. The summed E-state index contributed by atoms with van der Waals surface area (Å²) in [5.41, 5.74) is 2.34. The molecule has 6 heteroatoms. The predicted octanol–water partition coefficient (Wildman–Crippen LogP) is 3.22. The van der Waals surface area contributed by atoms with Crippen LogP contribution in [0.4, 0.5) is 5.69 Å². The minimum atomic E-state index is -0.553. The number of hydrogen-bond donors (Lipinski definition) is 0. The molecule has 1 heterocycles. The van der Waals surface area contributed by atoms with E-state index in [0.29, 0.717) is 0 Å². The van der Waals surface area contributed by atoms with Gasteiger partial charge in [0, 0.05) is 11.8 Å². The molecule has 0 saturated carbocycles. The monoisotopic (exact) mass is 287 g/mol. The Bertz CT molecular complexity index is 717. The average Bonchev–Trinajstić information content (AvgIpc) is 2.73. The van der Waals surface area contributed by atoms with Crippen LogP contribution in [0, 0.1) is 24.0 Å². The molecule has 21 heavy (non-hydrogen) atoms. The number of hydrogen-bond acceptors (Lipinski definition) is 4. The first-order valence-electron chi connectivity index (χ1n) is 6.68. The van der Waals surface area contributed by atoms with Gasteiger partial charge < -0.3 is 0 Å². The number of para-hydroxylation sites is 1. The third kappa shape index (κ3) is 2.56. The van der Waals surface area contributed by atoms with E-state index in [4.69, 9.17) is 0 Å². The van der Waals surface area contributed by atoms with E-state index in [0.717, 1.165) is 17.0 Å². The topological polar surface area (TPSA) is 78.0 Å². The van der Waals surface area contributed by atoms with Gasteiger partial charge in [0.05, 0.1) is 10.6 Å². The standard InChI is InChI=1S/C15H17N3O3/c1-9(2)14-10(3)16-17(11(14)4)15(19)12-7-5-6-8-13(12)18(20)21/h5-9H,1-4H3. The predicted molar refractivity (Wildman–Crippen MR) is 78.6 cm³/mol. The average molecular weight is 287 g/mol. The van der Waals surface area contributed by atoms with E-state index in [1.54, 1.807) is 6.07 Å². The van der Waals surface area contributed by atoms with Gasteiger partial charge in [-0.3, -0.25) is 14.9 Å². The summed E-state index contributed by atoms with van der Waals surface area (Å²) in [6.07, 6.45) is 0. The van der Waals surface area contributed by atoms with E-state index >= 15 is 0 Å². The van der Waals surface area contributed by atoms with Gasteiger partial charge in [-0.05, 0) is 31.4 Å². The van der Waals surface area contributed by atoms with Gasteiger partial charge in [0.25, 0.3) is 11.6 Å². The smallest absolute Gasteiger partial charge is 0.266 e. The number of nitro groups is 1. The Balaban J connectivity index is 2.57. The lowest BCUT2D eigenvalue weighted by Gasteiger charge is -2.07. The second-order valence-corrected chi connectivity index (χ2v) is 5.23. The number of nitro benzene ring substituents is 1. The zero-order chi connectivity index (χ0) is 15.7. The fraction of sp³-hybridized carbons (Fsp3) is 0.333. The SMILES string of the molecule is Cc1nn(C(=O)c2ccccc2[N+](=O)[O-])c(C)c1C(C)C. The van der Waals surface area contributed by atoms with Crippen LogP contribution >= 0.6 is 0 Å². The number of benzene rings is 1. The molecule has 2 aromatic rings. The van der Waals surface area contributed by atoms with Crippen LogP contribution in [0.15, 0.2) is 24.3 Å². The van der Waals surface area contributed by atoms with Crippen molar-refractivity contribution < 1.29 is 9.72 Å². The number of carbonyl (C=O) groups excluding carboxylic acids is 1. The molecular weight excluding hydrogens is 270 g/mol. The minimum Gasteiger partial charge on any atom is -0.266 e. The third-order valence-electron chi connectivity index (χ3n) is 3.45. The molecule has 0 N–H and O–H groups in total. The van der Waals surface area contributed by atoms with Gasteiger partial charge in [0.1, 0.15) is 5.56 Å². The van der Waals surface area contributed by atoms with E-state index in [9.17, 15) is 14.9 Å². The highest BCUT2D eigenvalue weighted by Gasteiger charge is 2.25. The maximum absolute atomic E-state index is 12.6. The molecule has 0 fully saturated rings. The van der Waals surface area contributed by atoms with Crippen LogP contribution in [0.25, 0.3) is 0 Å². The molecule has 0 aliphatic heterocycles. The van der Waals surface area contributed by atoms with E-state index in [1.807, 2.05) is 27.7 Å². The first-order chi connectivity index (χ1) is 9.84. The van der Waals surface area contributed by atoms with Crippen molar-refractivity contribution >= 4 is 11.6 Å². The Kier molecular flexibility index (Phi) is 3.88. The number of carbonyl (C=O) groups is 1. The number of aryl methyl sites for hydroxylation is 1. The molecule has 1 aromatic carbocycles. The van der Waals surface area contributed by atoms with Gasteiger partial charge in [0.2, 0.25) is 0 Å². The Morgan fingerprint density at radius 1 is 1.29 bits per heavy atom. The first kappa shape index (κ1) is 14.9. The van der Waals surface area contributed by atoms with E-state index < -0.39 is 10.8 Å².